The Hall–Kier alpha value is -3.69. The van der Waals surface area contributed by atoms with Gasteiger partial charge < -0.3 is 14.5 Å². The predicted molar refractivity (Wildman–Crippen MR) is 88.7 cm³/mol. The first-order valence-electron chi connectivity index (χ1n) is 7.30. The van der Waals surface area contributed by atoms with E-state index in [2.05, 4.69) is 5.32 Å². The highest BCUT2D eigenvalue weighted by Crippen LogP contribution is 2.22. The molecule has 3 rings (SSSR count). The quantitative estimate of drug-likeness (QED) is 0.550. The number of methoxy groups -OCH3 is 1. The number of hydrogen-bond acceptors (Lipinski definition) is 6. The summed E-state index contributed by atoms with van der Waals surface area (Å²) in [6, 6.07) is 7.49. The average molecular weight is 361 g/mol. The van der Waals surface area contributed by atoms with Gasteiger partial charge in [-0.25, -0.2) is 9.18 Å². The van der Waals surface area contributed by atoms with Gasteiger partial charge >= 0.3 is 5.76 Å². The maximum atomic E-state index is 13.7. The molecule has 0 aliphatic carbocycles. The van der Waals surface area contributed by atoms with Gasteiger partial charge in [-0.1, -0.05) is 0 Å². The number of nitrogens with zero attached hydrogens (tertiary/aromatic N) is 2. The summed E-state index contributed by atoms with van der Waals surface area (Å²) in [5.41, 5.74) is 0.172. The first kappa shape index (κ1) is 17.1. The number of nitrogens with one attached hydrogen (secondary N) is 1. The van der Waals surface area contributed by atoms with Crippen molar-refractivity contribution in [3.05, 3.63) is 62.9 Å². The van der Waals surface area contributed by atoms with Gasteiger partial charge in [-0.3, -0.25) is 19.5 Å². The second kappa shape index (κ2) is 6.67. The van der Waals surface area contributed by atoms with Crippen molar-refractivity contribution >= 4 is 28.4 Å². The fraction of sp³-hybridized carbons (Fsp3) is 0.125. The molecule has 3 aromatic rings. The third-order valence-electron chi connectivity index (χ3n) is 3.60. The molecule has 26 heavy (non-hydrogen) atoms. The van der Waals surface area contributed by atoms with Crippen molar-refractivity contribution in [2.45, 2.75) is 6.54 Å². The van der Waals surface area contributed by atoms with Crippen LogP contribution >= 0.6 is 0 Å². The smallest absolute Gasteiger partial charge is 0.420 e. The Kier molecular flexibility index (Phi) is 4.40. The minimum atomic E-state index is -0.837. The number of nitro benzene ring substituents is 1. The molecule has 0 fully saturated rings. The molecule has 0 spiro atoms. The number of amides is 1. The number of halogens is 1. The molecule has 0 radical (unpaired) electrons. The van der Waals surface area contributed by atoms with Gasteiger partial charge in [0.2, 0.25) is 5.91 Å². The van der Waals surface area contributed by atoms with Crippen molar-refractivity contribution in [2.24, 2.45) is 0 Å². The highest BCUT2D eigenvalue weighted by molar-refractivity contribution is 5.91. The molecule has 0 unspecified atom stereocenters. The highest BCUT2D eigenvalue weighted by atomic mass is 19.1. The minimum absolute atomic E-state index is 0.00695. The zero-order valence-electron chi connectivity index (χ0n) is 13.4. The summed E-state index contributed by atoms with van der Waals surface area (Å²) < 4.78 is 24.4. The Balaban J connectivity index is 1.83. The number of anilines is 1. The number of fused-ring (bicyclic) bond motifs is 1. The van der Waals surface area contributed by atoms with E-state index in [-0.39, 0.29) is 28.2 Å². The number of nitro groups is 1. The molecule has 1 amide bonds. The maximum absolute atomic E-state index is 13.7. The van der Waals surface area contributed by atoms with Crippen molar-refractivity contribution < 1.29 is 23.3 Å². The lowest BCUT2D eigenvalue weighted by Crippen LogP contribution is -2.24. The molecule has 0 atom stereocenters. The van der Waals surface area contributed by atoms with Crippen molar-refractivity contribution in [2.75, 3.05) is 12.4 Å². The summed E-state index contributed by atoms with van der Waals surface area (Å²) >= 11 is 0. The number of non-ortho nitro benzene ring substituents is 1. The molecule has 0 saturated carbocycles. The van der Waals surface area contributed by atoms with E-state index in [1.54, 1.807) is 0 Å². The van der Waals surface area contributed by atoms with E-state index in [1.165, 1.54) is 31.4 Å². The van der Waals surface area contributed by atoms with E-state index >= 15 is 0 Å². The highest BCUT2D eigenvalue weighted by Gasteiger charge is 2.16. The second-order valence-corrected chi connectivity index (χ2v) is 5.26. The van der Waals surface area contributed by atoms with Gasteiger partial charge in [0.1, 0.15) is 6.54 Å². The fourth-order valence-corrected chi connectivity index (χ4v) is 2.41. The van der Waals surface area contributed by atoms with E-state index < -0.39 is 28.9 Å². The lowest BCUT2D eigenvalue weighted by molar-refractivity contribution is -0.384. The molecule has 0 aliphatic rings. The summed E-state index contributed by atoms with van der Waals surface area (Å²) in [6.45, 7) is -0.405. The van der Waals surface area contributed by atoms with Gasteiger partial charge in [0.15, 0.2) is 17.1 Å². The molecule has 0 aliphatic heterocycles. The van der Waals surface area contributed by atoms with E-state index in [0.717, 1.165) is 16.7 Å². The van der Waals surface area contributed by atoms with Crippen LogP contribution in [0.1, 0.15) is 0 Å². The molecular formula is C16H12FN3O6. The SMILES string of the molecule is COc1ccc(NC(=O)Cn2c(=O)oc3cc([N+](=O)[O-])ccc32)cc1F. The van der Waals surface area contributed by atoms with Crippen LogP contribution in [0.25, 0.3) is 11.1 Å². The standard InChI is InChI=1S/C16H12FN3O6/c1-25-13-5-2-9(6-11(13)17)18-15(21)8-19-12-4-3-10(20(23)24)7-14(12)26-16(19)22/h2-7H,8H2,1H3,(H,18,21). The van der Waals surface area contributed by atoms with E-state index in [1.807, 2.05) is 0 Å². The Morgan fingerprint density at radius 3 is 2.77 bits per heavy atom. The summed E-state index contributed by atoms with van der Waals surface area (Å²) in [5.74, 6) is -2.06. The van der Waals surface area contributed by atoms with Crippen LogP contribution in [0, 0.1) is 15.9 Å². The van der Waals surface area contributed by atoms with Gasteiger partial charge in [0, 0.05) is 17.8 Å². The van der Waals surface area contributed by atoms with Crippen LogP contribution in [-0.4, -0.2) is 22.5 Å². The van der Waals surface area contributed by atoms with Gasteiger partial charge in [0.25, 0.3) is 5.69 Å². The van der Waals surface area contributed by atoms with Crippen LogP contribution in [0.2, 0.25) is 0 Å². The number of carbonyl (C=O) groups excluding carboxylic acids is 1. The first-order valence-corrected chi connectivity index (χ1v) is 7.30. The predicted octanol–water partition coefficient (Wildman–Crippen LogP) is 2.29. The number of hydrogen-bond donors (Lipinski definition) is 1. The van der Waals surface area contributed by atoms with Gasteiger partial charge in [-0.05, 0) is 18.2 Å². The number of aromatic nitrogens is 1. The largest absolute Gasteiger partial charge is 0.494 e. The number of oxazole rings is 1. The van der Waals surface area contributed by atoms with Crippen LogP contribution < -0.4 is 15.8 Å². The molecule has 134 valence electrons. The summed E-state index contributed by atoms with van der Waals surface area (Å²) in [6.07, 6.45) is 0. The molecule has 1 heterocycles. The van der Waals surface area contributed by atoms with Gasteiger partial charge in [0.05, 0.1) is 23.6 Å². The molecular weight excluding hydrogens is 349 g/mol. The maximum Gasteiger partial charge on any atom is 0.420 e. The minimum Gasteiger partial charge on any atom is -0.494 e. The second-order valence-electron chi connectivity index (χ2n) is 5.26. The lowest BCUT2D eigenvalue weighted by Gasteiger charge is -2.07. The number of rotatable bonds is 5. The van der Waals surface area contributed by atoms with E-state index in [9.17, 15) is 24.1 Å². The first-order chi connectivity index (χ1) is 12.4. The Morgan fingerprint density at radius 1 is 1.35 bits per heavy atom. The van der Waals surface area contributed by atoms with Crippen molar-refractivity contribution in [3.8, 4) is 5.75 Å². The summed E-state index contributed by atoms with van der Waals surface area (Å²) in [7, 11) is 1.32. The summed E-state index contributed by atoms with van der Waals surface area (Å²) in [5, 5.41) is 13.2. The zero-order valence-corrected chi connectivity index (χ0v) is 13.4. The number of carbonyl (C=O) groups is 1. The Bertz CT molecular complexity index is 1070. The third kappa shape index (κ3) is 3.24. The van der Waals surface area contributed by atoms with Crippen LogP contribution in [0.4, 0.5) is 15.8 Å². The zero-order chi connectivity index (χ0) is 18.8. The van der Waals surface area contributed by atoms with Crippen LogP contribution in [0.15, 0.2) is 45.6 Å². The molecule has 1 N–H and O–H groups in total. The molecule has 10 heteroatoms. The van der Waals surface area contributed by atoms with Crippen molar-refractivity contribution in [3.63, 3.8) is 0 Å². The third-order valence-corrected chi connectivity index (χ3v) is 3.60. The molecule has 2 aromatic carbocycles. The number of benzene rings is 2. The lowest BCUT2D eigenvalue weighted by atomic mass is 10.2. The van der Waals surface area contributed by atoms with Gasteiger partial charge in [-0.15, -0.1) is 0 Å². The molecule has 0 saturated heterocycles. The van der Waals surface area contributed by atoms with Crippen molar-refractivity contribution in [1.82, 2.24) is 4.57 Å². The molecule has 9 nitrogen and oxygen atoms in total. The van der Waals surface area contributed by atoms with Crippen LogP contribution in [-0.2, 0) is 11.3 Å². The normalized spacial score (nSPS) is 10.7. The molecule has 1 aromatic heterocycles. The monoisotopic (exact) mass is 361 g/mol. The van der Waals surface area contributed by atoms with Crippen LogP contribution in [0.3, 0.4) is 0 Å². The van der Waals surface area contributed by atoms with Gasteiger partial charge in [-0.2, -0.15) is 0 Å². The van der Waals surface area contributed by atoms with Crippen LogP contribution in [0.5, 0.6) is 5.75 Å². The number of ether oxygens (including phenoxy) is 1. The van der Waals surface area contributed by atoms with Crippen molar-refractivity contribution in [1.29, 1.82) is 0 Å². The average Bonchev–Trinajstić information content (AvgIpc) is 2.89. The fourth-order valence-electron chi connectivity index (χ4n) is 2.41. The summed E-state index contributed by atoms with van der Waals surface area (Å²) in [4.78, 5) is 34.2. The molecule has 0 bridgehead atoms. The van der Waals surface area contributed by atoms with E-state index in [0.29, 0.717) is 0 Å². The van der Waals surface area contributed by atoms with E-state index in [4.69, 9.17) is 9.15 Å². The Labute approximate surface area is 144 Å². The topological polar surface area (TPSA) is 117 Å². The Morgan fingerprint density at radius 2 is 2.12 bits per heavy atom.